The van der Waals surface area contributed by atoms with E-state index in [0.29, 0.717) is 24.6 Å². The summed E-state index contributed by atoms with van der Waals surface area (Å²) in [6, 6.07) is 4.17. The summed E-state index contributed by atoms with van der Waals surface area (Å²) in [5.74, 6) is 1.23. The minimum absolute atomic E-state index is 0.140. The summed E-state index contributed by atoms with van der Waals surface area (Å²) >= 11 is 1.56. The van der Waals surface area contributed by atoms with Gasteiger partial charge in [0.2, 0.25) is 17.6 Å². The molecule has 2 aromatic rings. The molecule has 124 valence electrons. The van der Waals surface area contributed by atoms with Crippen molar-refractivity contribution in [3.8, 4) is 10.7 Å². The Labute approximate surface area is 139 Å². The maximum absolute atomic E-state index is 12.4. The van der Waals surface area contributed by atoms with Gasteiger partial charge in [0, 0.05) is 32.0 Å². The first-order valence-electron chi connectivity index (χ1n) is 8.04. The van der Waals surface area contributed by atoms with Gasteiger partial charge >= 0.3 is 0 Å². The molecule has 1 fully saturated rings. The number of aromatic nitrogens is 2. The zero-order chi connectivity index (χ0) is 16.1. The maximum Gasteiger partial charge on any atom is 0.227 e. The van der Waals surface area contributed by atoms with E-state index < -0.39 is 0 Å². The summed E-state index contributed by atoms with van der Waals surface area (Å²) in [7, 11) is 0. The van der Waals surface area contributed by atoms with Crippen molar-refractivity contribution in [2.45, 2.75) is 44.6 Å². The SMILES string of the molecule is O=C(CCc1nc(-c2cccs2)no1)N1CCCC1CCCO. The summed E-state index contributed by atoms with van der Waals surface area (Å²) in [6.45, 7) is 1.01. The number of aryl methyl sites for hydroxylation is 1. The molecule has 1 N–H and O–H groups in total. The number of hydrogen-bond donors (Lipinski definition) is 1. The molecule has 0 spiro atoms. The molecule has 0 saturated carbocycles. The van der Waals surface area contributed by atoms with Crippen LogP contribution in [0.4, 0.5) is 0 Å². The minimum Gasteiger partial charge on any atom is -0.396 e. The summed E-state index contributed by atoms with van der Waals surface area (Å²) in [4.78, 5) is 19.7. The van der Waals surface area contributed by atoms with Crippen LogP contribution in [0.3, 0.4) is 0 Å². The Morgan fingerprint density at radius 1 is 1.52 bits per heavy atom. The smallest absolute Gasteiger partial charge is 0.227 e. The van der Waals surface area contributed by atoms with Crippen LogP contribution in [-0.4, -0.2) is 45.2 Å². The highest BCUT2D eigenvalue weighted by Crippen LogP contribution is 2.24. The first-order valence-corrected chi connectivity index (χ1v) is 8.92. The topological polar surface area (TPSA) is 79.5 Å². The Morgan fingerprint density at radius 2 is 2.43 bits per heavy atom. The van der Waals surface area contributed by atoms with Gasteiger partial charge in [0.05, 0.1) is 4.88 Å². The van der Waals surface area contributed by atoms with E-state index in [1.807, 2.05) is 22.4 Å². The highest BCUT2D eigenvalue weighted by atomic mass is 32.1. The van der Waals surface area contributed by atoms with Crippen LogP contribution >= 0.6 is 11.3 Å². The molecule has 0 aliphatic carbocycles. The third-order valence-corrected chi connectivity index (χ3v) is 5.02. The fourth-order valence-corrected chi connectivity index (χ4v) is 3.66. The number of amides is 1. The lowest BCUT2D eigenvalue weighted by atomic mass is 10.1. The summed E-state index contributed by atoms with van der Waals surface area (Å²) < 4.78 is 5.23. The van der Waals surface area contributed by atoms with E-state index in [0.717, 1.165) is 37.1 Å². The highest BCUT2D eigenvalue weighted by molar-refractivity contribution is 7.13. The van der Waals surface area contributed by atoms with Gasteiger partial charge in [0.1, 0.15) is 0 Å². The molecule has 1 atom stereocenters. The molecule has 6 nitrogen and oxygen atoms in total. The second-order valence-corrected chi connectivity index (χ2v) is 6.69. The number of hydrogen-bond acceptors (Lipinski definition) is 6. The molecule has 0 bridgehead atoms. The number of carbonyl (C=O) groups is 1. The molecule has 1 saturated heterocycles. The monoisotopic (exact) mass is 335 g/mol. The molecule has 0 radical (unpaired) electrons. The number of thiophene rings is 1. The van der Waals surface area contributed by atoms with E-state index in [-0.39, 0.29) is 18.6 Å². The molecule has 2 aromatic heterocycles. The van der Waals surface area contributed by atoms with Crippen LogP contribution in [0.5, 0.6) is 0 Å². The zero-order valence-corrected chi connectivity index (χ0v) is 13.8. The molecule has 0 aromatic carbocycles. The Morgan fingerprint density at radius 3 is 3.22 bits per heavy atom. The standard InChI is InChI=1S/C16H21N3O3S/c20-10-2-5-12-4-1-9-19(12)15(21)8-7-14-17-16(18-22-14)13-6-3-11-23-13/h3,6,11-12,20H,1-2,4-5,7-10H2. The Bertz CT molecular complexity index is 626. The van der Waals surface area contributed by atoms with E-state index in [4.69, 9.17) is 9.63 Å². The molecular weight excluding hydrogens is 314 g/mol. The lowest BCUT2D eigenvalue weighted by Gasteiger charge is -2.24. The van der Waals surface area contributed by atoms with Crippen molar-refractivity contribution in [3.05, 3.63) is 23.4 Å². The lowest BCUT2D eigenvalue weighted by Crippen LogP contribution is -2.35. The molecule has 1 aliphatic rings. The number of carbonyl (C=O) groups excluding carboxylic acids is 1. The largest absolute Gasteiger partial charge is 0.396 e. The zero-order valence-electron chi connectivity index (χ0n) is 13.0. The number of nitrogens with zero attached hydrogens (tertiary/aromatic N) is 3. The average Bonchev–Trinajstić information content (AvgIpc) is 3.31. The van der Waals surface area contributed by atoms with Gasteiger partial charge in [-0.15, -0.1) is 11.3 Å². The van der Waals surface area contributed by atoms with E-state index in [1.165, 1.54) is 0 Å². The summed E-state index contributed by atoms with van der Waals surface area (Å²) in [6.07, 6.45) is 4.58. The van der Waals surface area contributed by atoms with Gasteiger partial charge in [-0.2, -0.15) is 4.98 Å². The number of likely N-dealkylation sites (tertiary alicyclic amines) is 1. The molecule has 1 aliphatic heterocycles. The third kappa shape index (κ3) is 3.97. The summed E-state index contributed by atoms with van der Waals surface area (Å²) in [5.41, 5.74) is 0. The van der Waals surface area contributed by atoms with Gasteiger partial charge in [-0.1, -0.05) is 11.2 Å². The van der Waals surface area contributed by atoms with Crippen molar-refractivity contribution in [2.24, 2.45) is 0 Å². The first kappa shape index (κ1) is 16.1. The molecule has 3 heterocycles. The van der Waals surface area contributed by atoms with Crippen molar-refractivity contribution in [2.75, 3.05) is 13.2 Å². The second kappa shape index (κ2) is 7.70. The van der Waals surface area contributed by atoms with Crippen LogP contribution < -0.4 is 0 Å². The van der Waals surface area contributed by atoms with E-state index >= 15 is 0 Å². The average molecular weight is 335 g/mol. The second-order valence-electron chi connectivity index (χ2n) is 5.74. The van der Waals surface area contributed by atoms with Gasteiger partial charge in [-0.25, -0.2) is 0 Å². The van der Waals surface area contributed by atoms with Crippen molar-refractivity contribution >= 4 is 17.2 Å². The summed E-state index contributed by atoms with van der Waals surface area (Å²) in [5, 5.41) is 14.9. The normalized spacial score (nSPS) is 17.8. The Hall–Kier alpha value is -1.73. The van der Waals surface area contributed by atoms with Crippen molar-refractivity contribution < 1.29 is 14.4 Å². The van der Waals surface area contributed by atoms with Gasteiger partial charge in [0.15, 0.2) is 0 Å². The van der Waals surface area contributed by atoms with Gasteiger partial charge in [-0.05, 0) is 37.1 Å². The fraction of sp³-hybridized carbons (Fsp3) is 0.562. The predicted molar refractivity (Wildman–Crippen MR) is 87.0 cm³/mol. The molecule has 3 rings (SSSR count). The van der Waals surface area contributed by atoms with Crippen LogP contribution in [0.15, 0.2) is 22.0 Å². The van der Waals surface area contributed by atoms with E-state index in [2.05, 4.69) is 10.1 Å². The van der Waals surface area contributed by atoms with Gasteiger partial charge in [0.25, 0.3) is 0 Å². The number of aliphatic hydroxyl groups is 1. The molecule has 7 heteroatoms. The van der Waals surface area contributed by atoms with Crippen LogP contribution in [0.25, 0.3) is 10.7 Å². The van der Waals surface area contributed by atoms with Crippen LogP contribution in [0.1, 0.15) is 38.0 Å². The molecule has 23 heavy (non-hydrogen) atoms. The predicted octanol–water partition coefficient (Wildman–Crippen LogP) is 2.49. The van der Waals surface area contributed by atoms with Crippen LogP contribution in [0, 0.1) is 0 Å². The Balaban J connectivity index is 1.52. The minimum atomic E-state index is 0.140. The van der Waals surface area contributed by atoms with E-state index in [9.17, 15) is 4.79 Å². The quantitative estimate of drug-likeness (QED) is 0.841. The number of aliphatic hydroxyl groups excluding tert-OH is 1. The van der Waals surface area contributed by atoms with E-state index in [1.54, 1.807) is 11.3 Å². The fourth-order valence-electron chi connectivity index (χ4n) is 3.01. The molecule has 1 amide bonds. The lowest BCUT2D eigenvalue weighted by molar-refractivity contribution is -0.132. The molecule has 1 unspecified atom stereocenters. The van der Waals surface area contributed by atoms with Crippen LogP contribution in [0.2, 0.25) is 0 Å². The Kier molecular flexibility index (Phi) is 5.40. The van der Waals surface area contributed by atoms with Crippen LogP contribution in [-0.2, 0) is 11.2 Å². The first-order chi connectivity index (χ1) is 11.3. The van der Waals surface area contributed by atoms with Crippen molar-refractivity contribution in [3.63, 3.8) is 0 Å². The molecular formula is C16H21N3O3S. The van der Waals surface area contributed by atoms with Gasteiger partial charge < -0.3 is 14.5 Å². The van der Waals surface area contributed by atoms with Gasteiger partial charge in [-0.3, -0.25) is 4.79 Å². The third-order valence-electron chi connectivity index (χ3n) is 4.16. The van der Waals surface area contributed by atoms with Crippen molar-refractivity contribution in [1.82, 2.24) is 15.0 Å². The highest BCUT2D eigenvalue weighted by Gasteiger charge is 2.28. The number of rotatable bonds is 7. The maximum atomic E-state index is 12.4. The van der Waals surface area contributed by atoms with Crippen molar-refractivity contribution in [1.29, 1.82) is 0 Å².